The molecule has 0 radical (unpaired) electrons. The molecule has 0 fully saturated rings. The first-order chi connectivity index (χ1) is 17.5. The van der Waals surface area contributed by atoms with Crippen LogP contribution in [0.1, 0.15) is 54.4 Å². The van der Waals surface area contributed by atoms with Crippen molar-refractivity contribution >= 4 is 34.2 Å². The minimum atomic E-state index is -0.572. The van der Waals surface area contributed by atoms with Crippen molar-refractivity contribution in [2.45, 2.75) is 47.0 Å². The van der Waals surface area contributed by atoms with Crippen molar-refractivity contribution in [3.05, 3.63) is 68.9 Å². The third-order valence-electron chi connectivity index (χ3n) is 7.02. The highest BCUT2D eigenvalue weighted by atomic mass is 16.6. The smallest absolute Gasteiger partial charge is 0.339 e. The van der Waals surface area contributed by atoms with Gasteiger partial charge in [-0.25, -0.2) is 4.79 Å². The number of rotatable bonds is 6. The van der Waals surface area contributed by atoms with E-state index in [0.29, 0.717) is 28.1 Å². The number of hydrogen-bond donors (Lipinski definition) is 1. The molecule has 1 aliphatic rings. The maximum absolute atomic E-state index is 13.4. The minimum absolute atomic E-state index is 0.0196. The summed E-state index contributed by atoms with van der Waals surface area (Å²) in [5.74, 6) is -0.728. The molecule has 1 aromatic heterocycles. The number of para-hydroxylation sites is 1. The molecular formula is C28H31N3O6. The lowest BCUT2D eigenvalue weighted by molar-refractivity contribution is -0.385. The fraction of sp³-hybridized carbons (Fsp3) is 0.393. The quantitative estimate of drug-likeness (QED) is 0.270. The average molecular weight is 506 g/mol. The fourth-order valence-corrected chi connectivity index (χ4v) is 4.86. The normalized spacial score (nSPS) is 15.1. The summed E-state index contributed by atoms with van der Waals surface area (Å²) < 4.78 is 10.6. The van der Waals surface area contributed by atoms with Crippen molar-refractivity contribution in [3.8, 4) is 5.75 Å². The number of ether oxygens (including phenoxy) is 2. The van der Waals surface area contributed by atoms with E-state index in [0.717, 1.165) is 36.0 Å². The van der Waals surface area contributed by atoms with Gasteiger partial charge in [-0.15, -0.1) is 0 Å². The number of aromatic nitrogens is 1. The Kier molecular flexibility index (Phi) is 7.16. The third-order valence-corrected chi connectivity index (χ3v) is 7.02. The summed E-state index contributed by atoms with van der Waals surface area (Å²) in [5, 5.41) is 14.6. The molecule has 1 N–H and O–H groups in total. The summed E-state index contributed by atoms with van der Waals surface area (Å²) in [6.45, 7) is 7.73. The van der Waals surface area contributed by atoms with Crippen LogP contribution in [0.5, 0.6) is 5.75 Å². The van der Waals surface area contributed by atoms with Gasteiger partial charge in [-0.05, 0) is 54.7 Å². The van der Waals surface area contributed by atoms with Crippen LogP contribution in [-0.4, -0.2) is 35.5 Å². The number of amides is 1. The van der Waals surface area contributed by atoms with E-state index < -0.39 is 23.4 Å². The van der Waals surface area contributed by atoms with Crippen LogP contribution in [0.3, 0.4) is 0 Å². The van der Waals surface area contributed by atoms with Crippen LogP contribution in [-0.2, 0) is 22.4 Å². The van der Waals surface area contributed by atoms with Gasteiger partial charge >= 0.3 is 11.7 Å². The third kappa shape index (κ3) is 5.40. The average Bonchev–Trinajstić information content (AvgIpc) is 2.85. The summed E-state index contributed by atoms with van der Waals surface area (Å²) in [4.78, 5) is 41.6. The Hall–Kier alpha value is -4.01. The number of nitrogens with one attached hydrogen (secondary N) is 1. The molecule has 0 bridgehead atoms. The second-order valence-corrected chi connectivity index (χ2v) is 10.5. The van der Waals surface area contributed by atoms with Crippen molar-refractivity contribution in [2.75, 3.05) is 19.0 Å². The number of benzene rings is 2. The van der Waals surface area contributed by atoms with Crippen LogP contribution in [0.4, 0.5) is 11.4 Å². The largest absolute Gasteiger partial charge is 0.490 e. The second kappa shape index (κ2) is 10.2. The van der Waals surface area contributed by atoms with E-state index in [-0.39, 0.29) is 16.9 Å². The number of aryl methyl sites for hydroxylation is 2. The molecule has 0 aliphatic heterocycles. The lowest BCUT2D eigenvalue weighted by Crippen LogP contribution is -2.29. The van der Waals surface area contributed by atoms with Gasteiger partial charge in [-0.2, -0.15) is 0 Å². The Morgan fingerprint density at radius 1 is 1.22 bits per heavy atom. The molecule has 1 heterocycles. The van der Waals surface area contributed by atoms with Crippen molar-refractivity contribution < 1.29 is 24.0 Å². The molecule has 1 atom stereocenters. The first-order valence-corrected chi connectivity index (χ1v) is 12.2. The number of esters is 1. The lowest BCUT2D eigenvalue weighted by atomic mass is 9.70. The van der Waals surface area contributed by atoms with Gasteiger partial charge in [-0.3, -0.25) is 19.9 Å². The maximum Gasteiger partial charge on any atom is 0.339 e. The molecular weight excluding hydrogens is 474 g/mol. The van der Waals surface area contributed by atoms with E-state index in [2.05, 4.69) is 26.1 Å². The van der Waals surface area contributed by atoms with Crippen molar-refractivity contribution in [3.63, 3.8) is 0 Å². The fourth-order valence-electron chi connectivity index (χ4n) is 4.86. The number of hydrogen-bond acceptors (Lipinski definition) is 7. The van der Waals surface area contributed by atoms with E-state index in [1.807, 2.05) is 24.3 Å². The summed E-state index contributed by atoms with van der Waals surface area (Å²) in [6, 6.07) is 10.2. The minimum Gasteiger partial charge on any atom is -0.490 e. The molecule has 3 aromatic rings. The highest BCUT2D eigenvalue weighted by Crippen LogP contribution is 2.39. The molecule has 9 nitrogen and oxygen atoms in total. The van der Waals surface area contributed by atoms with Crippen LogP contribution in [0.25, 0.3) is 10.9 Å². The summed E-state index contributed by atoms with van der Waals surface area (Å²) in [6.07, 6.45) is 2.50. The molecule has 9 heteroatoms. The summed E-state index contributed by atoms with van der Waals surface area (Å²) in [5.41, 5.74) is 3.69. The molecule has 194 valence electrons. The molecule has 0 saturated heterocycles. The first-order valence-electron chi connectivity index (χ1n) is 12.2. The van der Waals surface area contributed by atoms with E-state index >= 15 is 0 Å². The predicted molar refractivity (Wildman–Crippen MR) is 140 cm³/mol. The number of fused-ring (bicyclic) bond motifs is 2. The van der Waals surface area contributed by atoms with Crippen molar-refractivity contribution in [1.82, 2.24) is 4.98 Å². The van der Waals surface area contributed by atoms with E-state index in [9.17, 15) is 19.7 Å². The van der Waals surface area contributed by atoms with Gasteiger partial charge in [0.15, 0.2) is 12.4 Å². The Balaban J connectivity index is 1.57. The zero-order valence-corrected chi connectivity index (χ0v) is 21.7. The zero-order chi connectivity index (χ0) is 26.9. The highest BCUT2D eigenvalue weighted by molar-refractivity contribution is 6.06. The monoisotopic (exact) mass is 505 g/mol. The Labute approximate surface area is 215 Å². The Bertz CT molecular complexity index is 1390. The number of methoxy groups -OCH3 is 1. The SMILES string of the molecule is COc1cc(NC(=O)COC(=O)c2c3c(nc4ccccc24)CC[C@H](C(C)(C)C)C3)c(C)cc1[N+](=O)[O-]. The Morgan fingerprint density at radius 3 is 2.62 bits per heavy atom. The Morgan fingerprint density at radius 2 is 1.95 bits per heavy atom. The highest BCUT2D eigenvalue weighted by Gasteiger charge is 2.33. The maximum atomic E-state index is 13.4. The van der Waals surface area contributed by atoms with Gasteiger partial charge in [-0.1, -0.05) is 39.0 Å². The number of nitro groups is 1. The second-order valence-electron chi connectivity index (χ2n) is 10.5. The van der Waals surface area contributed by atoms with Crippen LogP contribution >= 0.6 is 0 Å². The van der Waals surface area contributed by atoms with E-state index in [1.165, 1.54) is 19.2 Å². The van der Waals surface area contributed by atoms with Crippen LogP contribution in [0.2, 0.25) is 0 Å². The lowest BCUT2D eigenvalue weighted by Gasteiger charge is -2.35. The zero-order valence-electron chi connectivity index (χ0n) is 21.7. The van der Waals surface area contributed by atoms with Crippen LogP contribution in [0.15, 0.2) is 36.4 Å². The molecule has 1 amide bonds. The molecule has 0 saturated carbocycles. The standard InChI is InChI=1S/C28H31N3O6/c1-16-12-23(31(34)35)24(36-5)14-22(16)30-25(32)15-37-27(33)26-18-8-6-7-9-20(18)29-21-11-10-17(13-19(21)26)28(2,3)4/h6-9,12,14,17H,10-11,13,15H2,1-5H3,(H,30,32)/t17-/m0/s1. The molecule has 37 heavy (non-hydrogen) atoms. The molecule has 2 aromatic carbocycles. The van der Waals surface area contributed by atoms with Gasteiger partial charge in [0.2, 0.25) is 0 Å². The van der Waals surface area contributed by atoms with Crippen LogP contribution < -0.4 is 10.1 Å². The number of nitro benzene ring substituents is 1. The van der Waals surface area contributed by atoms with E-state index in [4.69, 9.17) is 14.5 Å². The summed E-state index contributed by atoms with van der Waals surface area (Å²) in [7, 11) is 1.31. The number of pyridine rings is 1. The number of nitrogens with zero attached hydrogens (tertiary/aromatic N) is 2. The predicted octanol–water partition coefficient (Wildman–Crippen LogP) is 5.41. The molecule has 0 unspecified atom stereocenters. The van der Waals surface area contributed by atoms with Crippen molar-refractivity contribution in [2.24, 2.45) is 11.3 Å². The van der Waals surface area contributed by atoms with Crippen LogP contribution in [0, 0.1) is 28.4 Å². The van der Waals surface area contributed by atoms with Gasteiger partial charge < -0.3 is 14.8 Å². The topological polar surface area (TPSA) is 121 Å². The van der Waals surface area contributed by atoms with E-state index in [1.54, 1.807) is 6.92 Å². The molecule has 0 spiro atoms. The van der Waals surface area contributed by atoms with Crippen molar-refractivity contribution in [1.29, 1.82) is 0 Å². The summed E-state index contributed by atoms with van der Waals surface area (Å²) >= 11 is 0. The van der Waals surface area contributed by atoms with Gasteiger partial charge in [0.25, 0.3) is 5.91 Å². The molecule has 4 rings (SSSR count). The number of carbonyl (C=O) groups excluding carboxylic acids is 2. The van der Waals surface area contributed by atoms with Gasteiger partial charge in [0.05, 0.1) is 23.1 Å². The molecule has 1 aliphatic carbocycles. The first kappa shape index (κ1) is 26.1. The van der Waals surface area contributed by atoms with Gasteiger partial charge in [0, 0.05) is 28.9 Å². The van der Waals surface area contributed by atoms with Gasteiger partial charge in [0.1, 0.15) is 0 Å². The number of anilines is 1. The number of carbonyl (C=O) groups is 2.